The van der Waals surface area contributed by atoms with Crippen molar-refractivity contribution in [1.29, 1.82) is 0 Å². The fraction of sp³-hybridized carbons (Fsp3) is 0. The summed E-state index contributed by atoms with van der Waals surface area (Å²) in [4.78, 5) is 0. The molecule has 0 aliphatic rings. The molecule has 0 heterocycles. The number of rotatable bonds is 1. The van der Waals surface area contributed by atoms with Gasteiger partial charge in [-0.25, -0.2) is 0 Å². The predicted octanol–water partition coefficient (Wildman–Crippen LogP) is 9.15. The van der Waals surface area contributed by atoms with Gasteiger partial charge in [0.2, 0.25) is 0 Å². The molecule has 0 nitrogen and oxygen atoms in total. The second kappa shape index (κ2) is 5.75. The zero-order valence-electron chi connectivity index (χ0n) is 17.4. The number of benzene rings is 8. The van der Waals surface area contributed by atoms with Gasteiger partial charge in [-0.3, -0.25) is 0 Å². The van der Waals surface area contributed by atoms with E-state index in [0.29, 0.717) is 0 Å². The van der Waals surface area contributed by atoms with E-state index in [9.17, 15) is 0 Å². The minimum atomic E-state index is 1.29. The molecule has 0 saturated carbocycles. The molecule has 0 unspecified atom stereocenters. The fourth-order valence-electron chi connectivity index (χ4n) is 5.90. The van der Waals surface area contributed by atoms with Crippen molar-refractivity contribution in [3.8, 4) is 11.1 Å². The Balaban J connectivity index is 1.51. The average molecular weight is 402 g/mol. The molecule has 146 valence electrons. The molecule has 0 radical (unpaired) electrons. The Morgan fingerprint density at radius 3 is 1.31 bits per heavy atom. The van der Waals surface area contributed by atoms with E-state index in [0.717, 1.165) is 0 Å². The quantitative estimate of drug-likeness (QED) is 0.240. The molecular weight excluding hydrogens is 384 g/mol. The lowest BCUT2D eigenvalue weighted by molar-refractivity contribution is 1.72. The average Bonchev–Trinajstić information content (AvgIpc) is 2.85. The molecule has 8 aromatic rings. The van der Waals surface area contributed by atoms with Crippen molar-refractivity contribution in [3.63, 3.8) is 0 Å². The third-order valence-corrected chi connectivity index (χ3v) is 7.30. The molecule has 32 heavy (non-hydrogen) atoms. The SMILES string of the molecule is c1cc2ccc3cc(-c4ccc5ccc6cccc7ccc4c5c67)cc4ccc(c1)c2c34. The third kappa shape index (κ3) is 2.02. The van der Waals surface area contributed by atoms with Crippen molar-refractivity contribution < 1.29 is 0 Å². The van der Waals surface area contributed by atoms with Crippen LogP contribution in [0.25, 0.3) is 75.8 Å². The lowest BCUT2D eigenvalue weighted by Gasteiger charge is -2.16. The Morgan fingerprint density at radius 1 is 0.312 bits per heavy atom. The molecule has 0 fully saturated rings. The molecule has 0 spiro atoms. The first-order valence-corrected chi connectivity index (χ1v) is 11.2. The van der Waals surface area contributed by atoms with E-state index in [1.54, 1.807) is 0 Å². The standard InChI is InChI=1S/C32H18/c1-3-19-9-11-24-17-26(18-25-12-10-20(4-1)29(19)31(24)25)27-15-13-23-8-7-21-5-2-6-22-14-16-28(27)32(23)30(21)22/h1-18H. The largest absolute Gasteiger partial charge is 0.0610 e. The summed E-state index contributed by atoms with van der Waals surface area (Å²) in [6, 6.07) is 40.7. The van der Waals surface area contributed by atoms with Crippen molar-refractivity contribution in [3.05, 3.63) is 109 Å². The molecule has 0 aromatic heterocycles. The summed E-state index contributed by atoms with van der Waals surface area (Å²) >= 11 is 0. The molecule has 0 heteroatoms. The van der Waals surface area contributed by atoms with Gasteiger partial charge in [0.15, 0.2) is 0 Å². The van der Waals surface area contributed by atoms with Crippen LogP contribution in [0.1, 0.15) is 0 Å². The zero-order chi connectivity index (χ0) is 20.8. The molecule has 0 bridgehead atoms. The van der Waals surface area contributed by atoms with E-state index in [4.69, 9.17) is 0 Å². The molecule has 0 aliphatic carbocycles. The third-order valence-electron chi connectivity index (χ3n) is 7.30. The highest BCUT2D eigenvalue weighted by Crippen LogP contribution is 2.42. The summed E-state index contributed by atoms with van der Waals surface area (Å²) in [7, 11) is 0. The lowest BCUT2D eigenvalue weighted by Crippen LogP contribution is -1.89. The van der Waals surface area contributed by atoms with Gasteiger partial charge < -0.3 is 0 Å². The molecule has 0 N–H and O–H groups in total. The normalized spacial score (nSPS) is 12.4. The zero-order valence-corrected chi connectivity index (χ0v) is 17.4. The Hall–Kier alpha value is -4.16. The maximum atomic E-state index is 2.38. The summed E-state index contributed by atoms with van der Waals surface area (Å²) in [5.74, 6) is 0. The first-order valence-electron chi connectivity index (χ1n) is 11.2. The van der Waals surface area contributed by atoms with Gasteiger partial charge in [0, 0.05) is 0 Å². The molecule has 0 amide bonds. The van der Waals surface area contributed by atoms with E-state index >= 15 is 0 Å². The molecule has 0 aliphatic heterocycles. The first kappa shape index (κ1) is 16.5. The molecule has 0 atom stereocenters. The van der Waals surface area contributed by atoms with Gasteiger partial charge in [-0.1, -0.05) is 97.1 Å². The van der Waals surface area contributed by atoms with Crippen LogP contribution in [0.4, 0.5) is 0 Å². The molecular formula is C32H18. The highest BCUT2D eigenvalue weighted by molar-refractivity contribution is 6.27. The van der Waals surface area contributed by atoms with E-state index < -0.39 is 0 Å². The van der Waals surface area contributed by atoms with Gasteiger partial charge in [-0.2, -0.15) is 0 Å². The number of hydrogen-bond donors (Lipinski definition) is 0. The highest BCUT2D eigenvalue weighted by atomic mass is 14.2. The molecule has 8 aromatic carbocycles. The van der Waals surface area contributed by atoms with E-state index in [1.165, 1.54) is 75.8 Å². The minimum absolute atomic E-state index is 1.29. The van der Waals surface area contributed by atoms with Crippen LogP contribution < -0.4 is 0 Å². The van der Waals surface area contributed by atoms with Crippen molar-refractivity contribution in [2.75, 3.05) is 0 Å². The van der Waals surface area contributed by atoms with Crippen LogP contribution in [-0.4, -0.2) is 0 Å². The van der Waals surface area contributed by atoms with E-state index in [2.05, 4.69) is 109 Å². The van der Waals surface area contributed by atoms with Gasteiger partial charge in [0.1, 0.15) is 0 Å². The summed E-state index contributed by atoms with van der Waals surface area (Å²) in [6.45, 7) is 0. The Labute approximate surface area is 185 Å². The van der Waals surface area contributed by atoms with Crippen molar-refractivity contribution >= 4 is 64.6 Å². The van der Waals surface area contributed by atoms with Gasteiger partial charge >= 0.3 is 0 Å². The van der Waals surface area contributed by atoms with Gasteiger partial charge in [-0.05, 0) is 87.9 Å². The smallest absolute Gasteiger partial charge is 0.00206 e. The summed E-state index contributed by atoms with van der Waals surface area (Å²) in [5, 5.41) is 16.0. The Bertz CT molecular complexity index is 1890. The van der Waals surface area contributed by atoms with Crippen LogP contribution in [-0.2, 0) is 0 Å². The predicted molar refractivity (Wildman–Crippen MR) is 139 cm³/mol. The Morgan fingerprint density at radius 2 is 0.719 bits per heavy atom. The van der Waals surface area contributed by atoms with Crippen LogP contribution in [0, 0.1) is 0 Å². The maximum absolute atomic E-state index is 2.38. The molecule has 0 saturated heterocycles. The van der Waals surface area contributed by atoms with Gasteiger partial charge in [0.05, 0.1) is 0 Å². The van der Waals surface area contributed by atoms with Crippen LogP contribution in [0.3, 0.4) is 0 Å². The van der Waals surface area contributed by atoms with Crippen LogP contribution in [0.5, 0.6) is 0 Å². The minimum Gasteiger partial charge on any atom is -0.0610 e. The maximum Gasteiger partial charge on any atom is -0.00206 e. The second-order valence-corrected chi connectivity index (χ2v) is 8.98. The van der Waals surface area contributed by atoms with E-state index in [1.807, 2.05) is 0 Å². The van der Waals surface area contributed by atoms with Crippen LogP contribution in [0.2, 0.25) is 0 Å². The van der Waals surface area contributed by atoms with Crippen molar-refractivity contribution in [2.24, 2.45) is 0 Å². The molecule has 8 rings (SSSR count). The summed E-state index contributed by atoms with van der Waals surface area (Å²) in [5.41, 5.74) is 2.59. The monoisotopic (exact) mass is 402 g/mol. The van der Waals surface area contributed by atoms with Crippen LogP contribution in [0.15, 0.2) is 109 Å². The van der Waals surface area contributed by atoms with Gasteiger partial charge in [0.25, 0.3) is 0 Å². The Kier molecular flexibility index (Phi) is 2.97. The van der Waals surface area contributed by atoms with Crippen LogP contribution >= 0.6 is 0 Å². The van der Waals surface area contributed by atoms with E-state index in [-0.39, 0.29) is 0 Å². The summed E-state index contributed by atoms with van der Waals surface area (Å²) in [6.07, 6.45) is 0. The van der Waals surface area contributed by atoms with Crippen molar-refractivity contribution in [1.82, 2.24) is 0 Å². The second-order valence-electron chi connectivity index (χ2n) is 8.98. The van der Waals surface area contributed by atoms with Crippen molar-refractivity contribution in [2.45, 2.75) is 0 Å². The first-order chi connectivity index (χ1) is 15.8. The fourth-order valence-corrected chi connectivity index (χ4v) is 5.90. The highest BCUT2D eigenvalue weighted by Gasteiger charge is 2.14. The van der Waals surface area contributed by atoms with Gasteiger partial charge in [-0.15, -0.1) is 0 Å². The summed E-state index contributed by atoms with van der Waals surface area (Å²) < 4.78 is 0. The topological polar surface area (TPSA) is 0 Å². The lowest BCUT2D eigenvalue weighted by atomic mass is 9.87. The number of hydrogen-bond acceptors (Lipinski definition) is 0.